The van der Waals surface area contributed by atoms with Crippen LogP contribution < -0.4 is 10.2 Å². The first-order chi connectivity index (χ1) is 17.1. The number of aryl methyl sites for hydroxylation is 1. The first-order valence-electron chi connectivity index (χ1n) is 11.8. The lowest BCUT2D eigenvalue weighted by molar-refractivity contribution is 0.102. The molecule has 9 heteroatoms. The number of amides is 1. The number of hydrogen-bond acceptors (Lipinski definition) is 6. The van der Waals surface area contributed by atoms with E-state index in [0.29, 0.717) is 36.3 Å². The number of anilines is 2. The van der Waals surface area contributed by atoms with Crippen LogP contribution in [0.1, 0.15) is 46.7 Å². The molecule has 0 bridgehead atoms. The molecule has 1 N–H and O–H groups in total. The molecule has 0 radical (unpaired) electrons. The Hall–Kier alpha value is -4.14. The molecule has 5 heterocycles. The van der Waals surface area contributed by atoms with E-state index in [4.69, 9.17) is 0 Å². The zero-order chi connectivity index (χ0) is 23.9. The summed E-state index contributed by atoms with van der Waals surface area (Å²) in [6.45, 7) is 3.44. The van der Waals surface area contributed by atoms with Gasteiger partial charge in [-0.15, -0.1) is 10.2 Å². The topological polar surface area (TPSA) is 88.8 Å². The minimum absolute atomic E-state index is 0.00387. The number of benzene rings is 1. The molecular formula is C26H24FN7O. The third-order valence-corrected chi connectivity index (χ3v) is 6.73. The van der Waals surface area contributed by atoms with Gasteiger partial charge in [-0.1, -0.05) is 12.1 Å². The quantitative estimate of drug-likeness (QED) is 0.482. The van der Waals surface area contributed by atoms with E-state index in [0.717, 1.165) is 42.2 Å². The summed E-state index contributed by atoms with van der Waals surface area (Å²) in [5.74, 6) is 1.75. The predicted molar refractivity (Wildman–Crippen MR) is 130 cm³/mol. The molecule has 35 heavy (non-hydrogen) atoms. The van der Waals surface area contributed by atoms with Gasteiger partial charge in [0.1, 0.15) is 29.0 Å². The van der Waals surface area contributed by atoms with E-state index in [9.17, 15) is 9.18 Å². The van der Waals surface area contributed by atoms with Gasteiger partial charge >= 0.3 is 0 Å². The molecule has 176 valence electrons. The molecule has 1 aromatic carbocycles. The van der Waals surface area contributed by atoms with Crippen molar-refractivity contribution in [3.8, 4) is 11.5 Å². The Kier molecular flexibility index (Phi) is 5.24. The second kappa shape index (κ2) is 8.57. The largest absolute Gasteiger partial charge is 0.352 e. The van der Waals surface area contributed by atoms with Crippen molar-refractivity contribution in [3.63, 3.8) is 0 Å². The van der Waals surface area contributed by atoms with Crippen LogP contribution in [0.4, 0.5) is 16.0 Å². The van der Waals surface area contributed by atoms with Gasteiger partial charge in [0, 0.05) is 31.7 Å². The van der Waals surface area contributed by atoms with Crippen molar-refractivity contribution >= 4 is 17.5 Å². The maximum absolute atomic E-state index is 14.9. The highest BCUT2D eigenvalue weighted by Gasteiger charge is 2.26. The third-order valence-electron chi connectivity index (χ3n) is 6.73. The predicted octanol–water partition coefficient (Wildman–Crippen LogP) is 4.20. The molecule has 1 amide bonds. The van der Waals surface area contributed by atoms with Crippen LogP contribution in [0.3, 0.4) is 0 Å². The Morgan fingerprint density at radius 3 is 2.86 bits per heavy atom. The summed E-state index contributed by atoms with van der Waals surface area (Å²) in [6, 6.07) is 14.5. The highest BCUT2D eigenvalue weighted by Crippen LogP contribution is 2.30. The number of nitrogens with one attached hydrogen (secondary N) is 1. The van der Waals surface area contributed by atoms with Gasteiger partial charge in [-0.3, -0.25) is 4.79 Å². The summed E-state index contributed by atoms with van der Waals surface area (Å²) in [5, 5.41) is 11.3. The molecule has 1 atom stereocenters. The summed E-state index contributed by atoms with van der Waals surface area (Å²) in [6.07, 6.45) is 4.35. The average molecular weight is 470 g/mol. The molecule has 6 rings (SSSR count). The summed E-state index contributed by atoms with van der Waals surface area (Å²) in [7, 11) is 0. The third kappa shape index (κ3) is 3.92. The van der Waals surface area contributed by atoms with Crippen LogP contribution in [0.5, 0.6) is 0 Å². The number of pyridine rings is 2. The number of hydrogen-bond donors (Lipinski definition) is 1. The standard InChI is InChI=1S/C26H24FN7O/c1-16-8-9-24-31-32-25(34(16)24)21-5-4-6-22(29-21)30-26(35)19-13-18-15-33(23-7-2-3-11-28-23)12-10-17(18)14-20(19)27/h2-7,11,13-14,16H,8-10,12,15H2,1H3,(H,29,30,35)/t16-/m0/s1. The molecule has 4 aromatic rings. The van der Waals surface area contributed by atoms with E-state index in [1.54, 1.807) is 24.4 Å². The number of rotatable bonds is 4. The van der Waals surface area contributed by atoms with Crippen molar-refractivity contribution in [2.75, 3.05) is 16.8 Å². The van der Waals surface area contributed by atoms with E-state index >= 15 is 0 Å². The van der Waals surface area contributed by atoms with E-state index in [-0.39, 0.29) is 5.56 Å². The fourth-order valence-corrected chi connectivity index (χ4v) is 4.90. The van der Waals surface area contributed by atoms with Crippen LogP contribution in [0.25, 0.3) is 11.5 Å². The van der Waals surface area contributed by atoms with Crippen molar-refractivity contribution in [2.45, 2.75) is 38.8 Å². The highest BCUT2D eigenvalue weighted by molar-refractivity contribution is 6.04. The van der Waals surface area contributed by atoms with Gasteiger partial charge in [-0.25, -0.2) is 14.4 Å². The minimum atomic E-state index is -0.537. The molecule has 0 unspecified atom stereocenters. The van der Waals surface area contributed by atoms with E-state index < -0.39 is 11.7 Å². The minimum Gasteiger partial charge on any atom is -0.352 e. The Labute approximate surface area is 201 Å². The molecule has 0 aliphatic carbocycles. The summed E-state index contributed by atoms with van der Waals surface area (Å²) in [4.78, 5) is 24.2. The monoisotopic (exact) mass is 469 g/mol. The molecule has 0 spiro atoms. The normalized spacial score (nSPS) is 16.6. The van der Waals surface area contributed by atoms with Crippen molar-refractivity contribution in [3.05, 3.63) is 83.1 Å². The first kappa shape index (κ1) is 21.4. The van der Waals surface area contributed by atoms with Crippen molar-refractivity contribution in [1.29, 1.82) is 0 Å². The molecule has 8 nitrogen and oxygen atoms in total. The second-order valence-corrected chi connectivity index (χ2v) is 9.02. The summed E-state index contributed by atoms with van der Waals surface area (Å²) < 4.78 is 17.0. The molecule has 3 aromatic heterocycles. The lowest BCUT2D eigenvalue weighted by Gasteiger charge is -2.30. The molecule has 2 aliphatic heterocycles. The van der Waals surface area contributed by atoms with Gasteiger partial charge in [0.05, 0.1) is 5.56 Å². The van der Waals surface area contributed by atoms with Crippen LogP contribution in [-0.4, -0.2) is 37.2 Å². The fraction of sp³-hybridized carbons (Fsp3) is 0.269. The number of carbonyl (C=O) groups is 1. The summed E-state index contributed by atoms with van der Waals surface area (Å²) in [5.41, 5.74) is 2.45. The zero-order valence-corrected chi connectivity index (χ0v) is 19.3. The van der Waals surface area contributed by atoms with Gasteiger partial charge in [0.25, 0.3) is 5.91 Å². The molecular weight excluding hydrogens is 445 g/mol. The maximum Gasteiger partial charge on any atom is 0.259 e. The number of halogens is 1. The highest BCUT2D eigenvalue weighted by atomic mass is 19.1. The first-order valence-corrected chi connectivity index (χ1v) is 11.8. The average Bonchev–Trinajstić information content (AvgIpc) is 3.47. The van der Waals surface area contributed by atoms with Gasteiger partial charge in [-0.05, 0) is 67.3 Å². The van der Waals surface area contributed by atoms with E-state index in [1.807, 2.05) is 24.3 Å². The van der Waals surface area contributed by atoms with Crippen LogP contribution in [0, 0.1) is 5.82 Å². The Morgan fingerprint density at radius 2 is 2.00 bits per heavy atom. The molecule has 0 saturated heterocycles. The van der Waals surface area contributed by atoms with Crippen LogP contribution >= 0.6 is 0 Å². The van der Waals surface area contributed by atoms with Gasteiger partial charge < -0.3 is 14.8 Å². The number of aromatic nitrogens is 5. The molecule has 0 saturated carbocycles. The van der Waals surface area contributed by atoms with E-state index in [1.165, 1.54) is 6.07 Å². The maximum atomic E-state index is 14.9. The van der Waals surface area contributed by atoms with Gasteiger partial charge in [-0.2, -0.15) is 0 Å². The van der Waals surface area contributed by atoms with Gasteiger partial charge in [0.2, 0.25) is 0 Å². The molecule has 0 fully saturated rings. The fourth-order valence-electron chi connectivity index (χ4n) is 4.90. The van der Waals surface area contributed by atoms with Crippen molar-refractivity contribution in [2.24, 2.45) is 0 Å². The lowest BCUT2D eigenvalue weighted by Crippen LogP contribution is -2.31. The lowest BCUT2D eigenvalue weighted by atomic mass is 9.96. The second-order valence-electron chi connectivity index (χ2n) is 9.02. The number of carbonyl (C=O) groups excluding carboxylic acids is 1. The van der Waals surface area contributed by atoms with E-state index in [2.05, 4.69) is 41.9 Å². The van der Waals surface area contributed by atoms with Crippen LogP contribution in [-0.2, 0) is 19.4 Å². The number of fused-ring (bicyclic) bond motifs is 2. The van der Waals surface area contributed by atoms with Crippen molar-refractivity contribution < 1.29 is 9.18 Å². The van der Waals surface area contributed by atoms with Crippen LogP contribution in [0.2, 0.25) is 0 Å². The Bertz CT molecular complexity index is 1420. The summed E-state index contributed by atoms with van der Waals surface area (Å²) >= 11 is 0. The van der Waals surface area contributed by atoms with Crippen LogP contribution in [0.15, 0.2) is 54.7 Å². The van der Waals surface area contributed by atoms with Gasteiger partial charge in [0.15, 0.2) is 5.82 Å². The SMILES string of the molecule is C[C@H]1CCc2nnc(-c3cccc(NC(=O)c4cc5c(cc4F)CCN(c4ccccn4)C5)n3)n21. The smallest absolute Gasteiger partial charge is 0.259 e. The Balaban J connectivity index is 1.25. The molecule has 2 aliphatic rings. The number of nitrogens with zero attached hydrogens (tertiary/aromatic N) is 6. The zero-order valence-electron chi connectivity index (χ0n) is 19.3. The van der Waals surface area contributed by atoms with Crippen molar-refractivity contribution in [1.82, 2.24) is 24.7 Å². The Morgan fingerprint density at radius 1 is 1.09 bits per heavy atom.